The van der Waals surface area contributed by atoms with Crippen molar-refractivity contribution in [3.63, 3.8) is 0 Å². The van der Waals surface area contributed by atoms with Crippen LogP contribution in [0.25, 0.3) is 0 Å². The highest BCUT2D eigenvalue weighted by molar-refractivity contribution is 5.68. The number of amides is 1. The summed E-state index contributed by atoms with van der Waals surface area (Å²) in [5.41, 5.74) is -0.522. The van der Waals surface area contributed by atoms with Crippen molar-refractivity contribution in [2.24, 2.45) is 0 Å². The molecule has 116 valence electrons. The number of hydrogen-bond acceptors (Lipinski definition) is 4. The number of carbonyl (C=O) groups excluding carboxylic acids is 1. The molecular weight excluding hydrogens is 268 g/mol. The molecule has 1 spiro atoms. The van der Waals surface area contributed by atoms with Crippen molar-refractivity contribution in [2.75, 3.05) is 19.6 Å². The van der Waals surface area contributed by atoms with Gasteiger partial charge in [-0.05, 0) is 33.6 Å². The van der Waals surface area contributed by atoms with Crippen molar-refractivity contribution >= 4 is 6.09 Å². The molecule has 0 aromatic carbocycles. The number of carbonyl (C=O) groups is 1. The highest BCUT2D eigenvalue weighted by atomic mass is 16.6. The molecule has 1 saturated heterocycles. The van der Waals surface area contributed by atoms with E-state index in [4.69, 9.17) is 4.74 Å². The Hall–Kier alpha value is -1.56. The maximum atomic E-state index is 12.1. The molecule has 0 saturated carbocycles. The molecule has 3 rings (SSSR count). The summed E-state index contributed by atoms with van der Waals surface area (Å²) in [6.45, 7) is 9.02. The summed E-state index contributed by atoms with van der Waals surface area (Å²) < 4.78 is 7.68. The normalized spacial score (nSPS) is 21.2. The Bertz CT molecular complexity index is 524. The smallest absolute Gasteiger partial charge is 0.410 e. The predicted molar refractivity (Wildman–Crippen MR) is 78.9 cm³/mol. The second kappa shape index (κ2) is 5.02. The van der Waals surface area contributed by atoms with Crippen molar-refractivity contribution in [1.29, 1.82) is 0 Å². The first kappa shape index (κ1) is 14.4. The zero-order valence-electron chi connectivity index (χ0n) is 13.1. The number of hydrogen-bond donors (Lipinski definition) is 1. The minimum atomic E-state index is -0.439. The van der Waals surface area contributed by atoms with Gasteiger partial charge in [-0.2, -0.15) is 0 Å². The molecule has 0 unspecified atom stereocenters. The van der Waals surface area contributed by atoms with Crippen LogP contribution in [0.3, 0.4) is 0 Å². The Morgan fingerprint density at radius 3 is 2.71 bits per heavy atom. The summed E-state index contributed by atoms with van der Waals surface area (Å²) >= 11 is 0. The van der Waals surface area contributed by atoms with E-state index in [0.29, 0.717) is 13.1 Å². The Balaban J connectivity index is 1.68. The highest BCUT2D eigenvalue weighted by Crippen LogP contribution is 2.34. The summed E-state index contributed by atoms with van der Waals surface area (Å²) in [5.74, 6) is 1.11. The van der Waals surface area contributed by atoms with Crippen LogP contribution in [-0.4, -0.2) is 45.8 Å². The Morgan fingerprint density at radius 2 is 2.05 bits per heavy atom. The first-order chi connectivity index (χ1) is 9.90. The van der Waals surface area contributed by atoms with Crippen molar-refractivity contribution in [3.8, 4) is 0 Å². The van der Waals surface area contributed by atoms with E-state index >= 15 is 0 Å². The third-order valence-electron chi connectivity index (χ3n) is 4.23. The van der Waals surface area contributed by atoms with E-state index in [9.17, 15) is 4.79 Å². The molecule has 6 nitrogen and oxygen atoms in total. The molecule has 1 aromatic rings. The van der Waals surface area contributed by atoms with Gasteiger partial charge in [-0.3, -0.25) is 0 Å². The van der Waals surface area contributed by atoms with Gasteiger partial charge in [0, 0.05) is 38.6 Å². The summed E-state index contributed by atoms with van der Waals surface area (Å²) in [4.78, 5) is 18.5. The van der Waals surface area contributed by atoms with E-state index in [1.807, 2.05) is 33.2 Å². The van der Waals surface area contributed by atoms with Crippen molar-refractivity contribution in [2.45, 2.75) is 51.3 Å². The molecule has 0 atom stereocenters. The second-order valence-electron chi connectivity index (χ2n) is 6.92. The lowest BCUT2D eigenvalue weighted by Crippen LogP contribution is -2.56. The molecule has 6 heteroatoms. The molecule has 3 heterocycles. The lowest BCUT2D eigenvalue weighted by atomic mass is 9.85. The number of imidazole rings is 1. The number of fused-ring (bicyclic) bond motifs is 2. The number of rotatable bonds is 0. The maximum Gasteiger partial charge on any atom is 0.410 e. The highest BCUT2D eigenvalue weighted by Gasteiger charge is 2.42. The van der Waals surface area contributed by atoms with E-state index in [1.54, 1.807) is 4.90 Å². The Kier molecular flexibility index (Phi) is 3.43. The maximum absolute atomic E-state index is 12.1. The van der Waals surface area contributed by atoms with Gasteiger partial charge in [-0.1, -0.05) is 0 Å². The van der Waals surface area contributed by atoms with Crippen molar-refractivity contribution in [1.82, 2.24) is 19.8 Å². The number of nitrogens with one attached hydrogen (secondary N) is 1. The molecule has 1 amide bonds. The van der Waals surface area contributed by atoms with Gasteiger partial charge < -0.3 is 19.5 Å². The zero-order valence-corrected chi connectivity index (χ0v) is 13.1. The van der Waals surface area contributed by atoms with E-state index in [2.05, 4.69) is 14.9 Å². The van der Waals surface area contributed by atoms with E-state index in [1.165, 1.54) is 0 Å². The number of ether oxygens (including phenoxy) is 1. The second-order valence-corrected chi connectivity index (χ2v) is 6.92. The number of piperidine rings is 1. The average Bonchev–Trinajstić information content (AvgIpc) is 2.87. The fourth-order valence-electron chi connectivity index (χ4n) is 3.20. The summed E-state index contributed by atoms with van der Waals surface area (Å²) in [6, 6.07) is 0. The van der Waals surface area contributed by atoms with Crippen molar-refractivity contribution < 1.29 is 9.53 Å². The minimum Gasteiger partial charge on any atom is -0.444 e. The number of likely N-dealkylation sites (tertiary alicyclic amines) is 1. The summed E-state index contributed by atoms with van der Waals surface area (Å²) in [6.07, 6.45) is 5.45. The third-order valence-corrected chi connectivity index (χ3v) is 4.23. The summed E-state index contributed by atoms with van der Waals surface area (Å²) in [5, 5.41) is 3.62. The first-order valence-electron chi connectivity index (χ1n) is 7.64. The number of nitrogens with zero attached hydrogens (tertiary/aromatic N) is 3. The van der Waals surface area contributed by atoms with Crippen LogP contribution in [0.5, 0.6) is 0 Å². The van der Waals surface area contributed by atoms with Gasteiger partial charge in [0.2, 0.25) is 0 Å². The van der Waals surface area contributed by atoms with Gasteiger partial charge in [0.25, 0.3) is 0 Å². The molecule has 0 bridgehead atoms. The number of aromatic nitrogens is 2. The van der Waals surface area contributed by atoms with E-state index in [-0.39, 0.29) is 11.6 Å². The van der Waals surface area contributed by atoms with Crippen LogP contribution in [0.2, 0.25) is 0 Å². The molecule has 2 aliphatic heterocycles. The standard InChI is InChI=1S/C15H24N4O2/c1-14(2,3)21-13(20)19-8-4-15(5-9-19)12-16-6-10-18(12)11-7-17-15/h6,10,17H,4-5,7-9,11H2,1-3H3. The molecule has 2 aliphatic rings. The van der Waals surface area contributed by atoms with Gasteiger partial charge in [0.15, 0.2) is 0 Å². The topological polar surface area (TPSA) is 59.4 Å². The zero-order chi connectivity index (χ0) is 15.1. The van der Waals surface area contributed by atoms with Crippen LogP contribution >= 0.6 is 0 Å². The monoisotopic (exact) mass is 292 g/mol. The third kappa shape index (κ3) is 2.77. The predicted octanol–water partition coefficient (Wildman–Crippen LogP) is 1.71. The van der Waals surface area contributed by atoms with Crippen LogP contribution in [-0.2, 0) is 16.8 Å². The molecule has 1 fully saturated rings. The van der Waals surface area contributed by atoms with Crippen LogP contribution in [0.4, 0.5) is 4.79 Å². The molecule has 1 N–H and O–H groups in total. The molecule has 0 radical (unpaired) electrons. The van der Waals surface area contributed by atoms with Gasteiger partial charge in [-0.25, -0.2) is 9.78 Å². The van der Waals surface area contributed by atoms with Crippen LogP contribution in [0, 0.1) is 0 Å². The Morgan fingerprint density at radius 1 is 1.33 bits per heavy atom. The fourth-order valence-corrected chi connectivity index (χ4v) is 3.20. The largest absolute Gasteiger partial charge is 0.444 e. The quantitative estimate of drug-likeness (QED) is 0.791. The molecular formula is C15H24N4O2. The van der Waals surface area contributed by atoms with Crippen LogP contribution < -0.4 is 5.32 Å². The van der Waals surface area contributed by atoms with Gasteiger partial charge in [-0.15, -0.1) is 0 Å². The van der Waals surface area contributed by atoms with Crippen LogP contribution in [0.15, 0.2) is 12.4 Å². The SMILES string of the molecule is CC(C)(C)OC(=O)N1CCC2(CC1)NCCn1ccnc12. The fraction of sp³-hybridized carbons (Fsp3) is 0.733. The molecule has 1 aromatic heterocycles. The van der Waals surface area contributed by atoms with Gasteiger partial charge in [0.1, 0.15) is 11.4 Å². The first-order valence-corrected chi connectivity index (χ1v) is 7.64. The lowest BCUT2D eigenvalue weighted by Gasteiger charge is -2.44. The lowest BCUT2D eigenvalue weighted by molar-refractivity contribution is 0.0124. The molecule has 21 heavy (non-hydrogen) atoms. The van der Waals surface area contributed by atoms with E-state index in [0.717, 1.165) is 31.8 Å². The van der Waals surface area contributed by atoms with Crippen molar-refractivity contribution in [3.05, 3.63) is 18.2 Å². The van der Waals surface area contributed by atoms with E-state index < -0.39 is 5.60 Å². The summed E-state index contributed by atoms with van der Waals surface area (Å²) in [7, 11) is 0. The Labute approximate surface area is 125 Å². The van der Waals surface area contributed by atoms with Gasteiger partial charge in [0.05, 0.1) is 5.54 Å². The minimum absolute atomic E-state index is 0.0831. The van der Waals surface area contributed by atoms with Crippen LogP contribution in [0.1, 0.15) is 39.4 Å². The van der Waals surface area contributed by atoms with Gasteiger partial charge >= 0.3 is 6.09 Å². The molecule has 0 aliphatic carbocycles. The average molecular weight is 292 g/mol.